The molecule has 1 aliphatic rings. The Morgan fingerprint density at radius 1 is 1.18 bits per heavy atom. The van der Waals surface area contributed by atoms with Crippen LogP contribution in [0.1, 0.15) is 16.9 Å². The van der Waals surface area contributed by atoms with E-state index >= 15 is 4.39 Å². The Bertz CT molecular complexity index is 1920. The zero-order chi connectivity index (χ0) is 31.0. The predicted octanol–water partition coefficient (Wildman–Crippen LogP) is 5.34. The molecule has 6 rings (SSSR count). The molecule has 4 heterocycles. The molecule has 0 saturated carbocycles. The standard InChI is InChI=1S/C32H29F2N5O4S/c1-4-26(40)39-9-7-21(17-39)36-32(41)30-28(27-23(34)14-20(33)15-25(27)43-11-10-42-3)31-22(8-12-44-31)29(37-30)18-5-6-24-19(13-18)16-35-38(24)2/h4-6,8,12-16,21H,1,7,9-11,17H2,2-3H3,(H,36,41). The van der Waals surface area contributed by atoms with Crippen molar-refractivity contribution < 1.29 is 27.8 Å². The van der Waals surface area contributed by atoms with Crippen molar-refractivity contribution in [2.45, 2.75) is 12.5 Å². The van der Waals surface area contributed by atoms with E-state index in [4.69, 9.17) is 14.5 Å². The second kappa shape index (κ2) is 12.1. The van der Waals surface area contributed by atoms with E-state index in [2.05, 4.69) is 17.0 Å². The SMILES string of the molecule is C=CC(=O)N1CCC(NC(=O)c2nc(-c3ccc4c(cnn4C)c3)c3ccsc3c2-c2c(F)cc(F)cc2OCCOC)C1. The Hall–Kier alpha value is -4.68. The van der Waals surface area contributed by atoms with E-state index in [1.54, 1.807) is 15.8 Å². The fourth-order valence-electron chi connectivity index (χ4n) is 5.55. The third-order valence-electron chi connectivity index (χ3n) is 7.67. The number of likely N-dealkylation sites (tertiary alicyclic amines) is 1. The molecule has 3 aromatic heterocycles. The van der Waals surface area contributed by atoms with Crippen LogP contribution in [0.4, 0.5) is 8.78 Å². The number of thiophene rings is 1. The summed E-state index contributed by atoms with van der Waals surface area (Å²) in [6.07, 6.45) is 3.52. The molecule has 44 heavy (non-hydrogen) atoms. The first-order valence-corrected chi connectivity index (χ1v) is 14.8. The van der Waals surface area contributed by atoms with Gasteiger partial charge >= 0.3 is 0 Å². The molecule has 12 heteroatoms. The number of amides is 2. The van der Waals surface area contributed by atoms with E-state index in [0.717, 1.165) is 28.6 Å². The van der Waals surface area contributed by atoms with E-state index in [1.165, 1.54) is 24.5 Å². The van der Waals surface area contributed by atoms with Gasteiger partial charge in [0.25, 0.3) is 5.91 Å². The summed E-state index contributed by atoms with van der Waals surface area (Å²) in [4.78, 5) is 32.7. The number of aryl methyl sites for hydroxylation is 1. The van der Waals surface area contributed by atoms with Gasteiger partial charge in [-0.3, -0.25) is 14.3 Å². The molecule has 1 aliphatic heterocycles. The number of nitrogens with one attached hydrogen (secondary N) is 1. The number of rotatable bonds is 9. The monoisotopic (exact) mass is 617 g/mol. The quantitative estimate of drug-likeness (QED) is 0.177. The molecule has 0 spiro atoms. The highest BCUT2D eigenvalue weighted by molar-refractivity contribution is 7.18. The van der Waals surface area contributed by atoms with Crippen molar-refractivity contribution in [2.75, 3.05) is 33.4 Å². The van der Waals surface area contributed by atoms with Gasteiger partial charge in [-0.05, 0) is 36.1 Å². The average molecular weight is 618 g/mol. The lowest BCUT2D eigenvalue weighted by Gasteiger charge is -2.19. The van der Waals surface area contributed by atoms with Crippen LogP contribution in [-0.2, 0) is 16.6 Å². The summed E-state index contributed by atoms with van der Waals surface area (Å²) in [6.45, 7) is 4.52. The Balaban J connectivity index is 1.53. The van der Waals surface area contributed by atoms with Crippen LogP contribution in [0.15, 0.2) is 60.6 Å². The minimum atomic E-state index is -0.892. The van der Waals surface area contributed by atoms with Crippen LogP contribution in [0.2, 0.25) is 0 Å². The molecule has 5 aromatic rings. The lowest BCUT2D eigenvalue weighted by atomic mass is 9.97. The summed E-state index contributed by atoms with van der Waals surface area (Å²) >= 11 is 1.32. The van der Waals surface area contributed by atoms with Crippen molar-refractivity contribution in [3.63, 3.8) is 0 Å². The number of hydrogen-bond acceptors (Lipinski definition) is 7. The number of halogens is 2. The van der Waals surface area contributed by atoms with Gasteiger partial charge in [0.2, 0.25) is 5.91 Å². The first-order valence-electron chi connectivity index (χ1n) is 14.0. The van der Waals surface area contributed by atoms with Crippen LogP contribution >= 0.6 is 11.3 Å². The van der Waals surface area contributed by atoms with Crippen LogP contribution in [0, 0.1) is 11.6 Å². The summed E-state index contributed by atoms with van der Waals surface area (Å²) in [5, 5.41) is 10.7. The van der Waals surface area contributed by atoms with Crippen LogP contribution in [0.5, 0.6) is 5.75 Å². The van der Waals surface area contributed by atoms with Gasteiger partial charge in [-0.25, -0.2) is 13.8 Å². The zero-order valence-corrected chi connectivity index (χ0v) is 24.9. The number of carbonyl (C=O) groups excluding carboxylic acids is 2. The second-order valence-electron chi connectivity index (χ2n) is 10.4. The molecule has 2 amide bonds. The van der Waals surface area contributed by atoms with Crippen LogP contribution < -0.4 is 10.1 Å². The highest BCUT2D eigenvalue weighted by Crippen LogP contribution is 2.44. The van der Waals surface area contributed by atoms with Crippen molar-refractivity contribution in [1.82, 2.24) is 25.0 Å². The highest BCUT2D eigenvalue weighted by Gasteiger charge is 2.31. The summed E-state index contributed by atoms with van der Waals surface area (Å²) < 4.78 is 43.5. The minimum Gasteiger partial charge on any atom is -0.490 e. The summed E-state index contributed by atoms with van der Waals surface area (Å²) in [6, 6.07) is 9.13. The molecule has 1 saturated heterocycles. The molecule has 226 valence electrons. The highest BCUT2D eigenvalue weighted by atomic mass is 32.1. The number of aromatic nitrogens is 3. The molecule has 1 fully saturated rings. The van der Waals surface area contributed by atoms with Gasteiger partial charge < -0.3 is 19.7 Å². The third-order valence-corrected chi connectivity index (χ3v) is 8.60. The maximum atomic E-state index is 15.8. The number of ether oxygens (including phenoxy) is 2. The van der Waals surface area contributed by atoms with Gasteiger partial charge in [-0.2, -0.15) is 5.10 Å². The average Bonchev–Trinajstić information content (AvgIpc) is 3.77. The Morgan fingerprint density at radius 3 is 2.82 bits per heavy atom. The molecule has 0 aliphatic carbocycles. The number of pyridine rings is 1. The fourth-order valence-corrected chi connectivity index (χ4v) is 6.50. The van der Waals surface area contributed by atoms with Gasteiger partial charge in [0.1, 0.15) is 29.7 Å². The van der Waals surface area contributed by atoms with Crippen molar-refractivity contribution in [3.05, 3.63) is 78.0 Å². The largest absolute Gasteiger partial charge is 0.490 e. The van der Waals surface area contributed by atoms with Crippen molar-refractivity contribution in [2.24, 2.45) is 7.05 Å². The first kappa shape index (κ1) is 29.4. The summed E-state index contributed by atoms with van der Waals surface area (Å²) in [5.74, 6) is -2.56. The maximum Gasteiger partial charge on any atom is 0.270 e. The van der Waals surface area contributed by atoms with E-state index < -0.39 is 17.5 Å². The van der Waals surface area contributed by atoms with E-state index in [1.807, 2.05) is 36.7 Å². The van der Waals surface area contributed by atoms with Crippen molar-refractivity contribution in [3.8, 4) is 28.1 Å². The van der Waals surface area contributed by atoms with Crippen LogP contribution in [0.3, 0.4) is 0 Å². The Labute approximate surface area is 255 Å². The Kier molecular flexibility index (Phi) is 8.11. The number of hydrogen-bond donors (Lipinski definition) is 1. The number of methoxy groups -OCH3 is 1. The molecule has 9 nitrogen and oxygen atoms in total. The number of carbonyl (C=O) groups is 2. The number of benzene rings is 2. The molecule has 1 N–H and O–H groups in total. The smallest absolute Gasteiger partial charge is 0.270 e. The third kappa shape index (κ3) is 5.42. The zero-order valence-electron chi connectivity index (χ0n) is 24.1. The van der Waals surface area contributed by atoms with Gasteiger partial charge in [0, 0.05) is 72.0 Å². The molecular formula is C32H29F2N5O4S. The summed E-state index contributed by atoms with van der Waals surface area (Å²) in [7, 11) is 3.34. The van der Waals surface area contributed by atoms with E-state index in [9.17, 15) is 14.0 Å². The minimum absolute atomic E-state index is 0.0351. The topological polar surface area (TPSA) is 98.6 Å². The van der Waals surface area contributed by atoms with Gasteiger partial charge in [0.05, 0.1) is 29.6 Å². The first-order chi connectivity index (χ1) is 21.3. The molecule has 0 radical (unpaired) electrons. The lowest BCUT2D eigenvalue weighted by Crippen LogP contribution is -2.38. The fraction of sp³-hybridized carbons (Fsp3) is 0.250. The van der Waals surface area contributed by atoms with Crippen molar-refractivity contribution >= 4 is 44.1 Å². The van der Waals surface area contributed by atoms with Gasteiger partial charge in [-0.15, -0.1) is 11.3 Å². The normalized spacial score (nSPS) is 14.8. The van der Waals surface area contributed by atoms with Gasteiger partial charge in [-0.1, -0.05) is 12.6 Å². The lowest BCUT2D eigenvalue weighted by molar-refractivity contribution is -0.125. The molecule has 1 atom stereocenters. The molecule has 0 bridgehead atoms. The van der Waals surface area contributed by atoms with E-state index in [-0.39, 0.29) is 47.7 Å². The predicted molar refractivity (Wildman–Crippen MR) is 165 cm³/mol. The van der Waals surface area contributed by atoms with Crippen molar-refractivity contribution in [1.29, 1.82) is 0 Å². The summed E-state index contributed by atoms with van der Waals surface area (Å²) in [5.41, 5.74) is 2.28. The van der Waals surface area contributed by atoms with E-state index in [0.29, 0.717) is 35.3 Å². The maximum absolute atomic E-state index is 15.8. The molecule has 1 unspecified atom stereocenters. The molecule has 2 aromatic carbocycles. The number of nitrogens with zero attached hydrogens (tertiary/aromatic N) is 4. The van der Waals surface area contributed by atoms with Crippen LogP contribution in [0.25, 0.3) is 43.4 Å². The number of fused-ring (bicyclic) bond motifs is 2. The molecular weight excluding hydrogens is 588 g/mol. The van der Waals surface area contributed by atoms with Gasteiger partial charge in [0.15, 0.2) is 0 Å². The Morgan fingerprint density at radius 2 is 2.02 bits per heavy atom. The van der Waals surface area contributed by atoms with Crippen LogP contribution in [-0.4, -0.2) is 70.9 Å². The second-order valence-corrected chi connectivity index (χ2v) is 11.4.